The molecule has 1 saturated carbocycles. The quantitative estimate of drug-likeness (QED) is 0.766. The minimum absolute atomic E-state index is 0.351. The van der Waals surface area contributed by atoms with Crippen molar-refractivity contribution in [1.82, 2.24) is 9.97 Å². The molecule has 0 amide bonds. The second kappa shape index (κ2) is 5.86. The lowest BCUT2D eigenvalue weighted by atomic mass is 9.84. The molecule has 0 aromatic carbocycles. The normalized spacial score (nSPS) is 23.1. The number of aromatic nitrogens is 2. The highest BCUT2D eigenvalue weighted by atomic mass is 35.5. The number of anilines is 1. The summed E-state index contributed by atoms with van der Waals surface area (Å²) in [5.74, 6) is 1.90. The number of halogens is 1. The maximum Gasteiger partial charge on any atom is 0.225 e. The molecule has 2 aromatic heterocycles. The lowest BCUT2D eigenvalue weighted by Crippen LogP contribution is -2.35. The molecule has 0 spiro atoms. The van der Waals surface area contributed by atoms with Crippen molar-refractivity contribution >= 4 is 39.0 Å². The van der Waals surface area contributed by atoms with Crippen LogP contribution in [0, 0.1) is 5.92 Å². The van der Waals surface area contributed by atoms with Crippen LogP contribution in [0.1, 0.15) is 39.0 Å². The van der Waals surface area contributed by atoms with Gasteiger partial charge in [0.05, 0.1) is 5.39 Å². The summed E-state index contributed by atoms with van der Waals surface area (Å²) in [6.07, 6.45) is 6.48. The number of rotatable bonds is 3. The molecule has 3 nitrogen and oxygen atoms in total. The molecule has 5 heteroatoms. The topological polar surface area (TPSA) is 29.0 Å². The van der Waals surface area contributed by atoms with Gasteiger partial charge in [0.15, 0.2) is 0 Å². The van der Waals surface area contributed by atoms with Crippen molar-refractivity contribution < 1.29 is 0 Å². The van der Waals surface area contributed by atoms with Crippen molar-refractivity contribution in [3.63, 3.8) is 0 Å². The van der Waals surface area contributed by atoms with Crippen molar-refractivity contribution in [2.24, 2.45) is 5.92 Å². The van der Waals surface area contributed by atoms with Crippen molar-refractivity contribution in [2.45, 2.75) is 45.1 Å². The zero-order valence-electron chi connectivity index (χ0n) is 12.0. The third kappa shape index (κ3) is 2.63. The van der Waals surface area contributed by atoms with Crippen LogP contribution in [0.3, 0.4) is 0 Å². The van der Waals surface area contributed by atoms with Crippen LogP contribution < -0.4 is 4.90 Å². The zero-order chi connectivity index (χ0) is 14.1. The van der Waals surface area contributed by atoms with E-state index in [9.17, 15) is 0 Å². The minimum Gasteiger partial charge on any atom is -0.356 e. The van der Waals surface area contributed by atoms with Gasteiger partial charge in [-0.1, -0.05) is 13.3 Å². The molecule has 1 aliphatic rings. The van der Waals surface area contributed by atoms with Crippen LogP contribution in [0.15, 0.2) is 11.4 Å². The molecule has 0 atom stereocenters. The highest BCUT2D eigenvalue weighted by Gasteiger charge is 2.25. The van der Waals surface area contributed by atoms with Crippen LogP contribution in [0.4, 0.5) is 5.82 Å². The largest absolute Gasteiger partial charge is 0.356 e. The Morgan fingerprint density at radius 2 is 2.05 bits per heavy atom. The van der Waals surface area contributed by atoms with E-state index in [1.54, 1.807) is 11.3 Å². The Balaban J connectivity index is 1.85. The van der Waals surface area contributed by atoms with E-state index in [-0.39, 0.29) is 0 Å². The van der Waals surface area contributed by atoms with E-state index >= 15 is 0 Å². The maximum absolute atomic E-state index is 6.07. The molecule has 108 valence electrons. The van der Waals surface area contributed by atoms with Gasteiger partial charge in [-0.05, 0) is 54.6 Å². The van der Waals surface area contributed by atoms with Gasteiger partial charge in [-0.3, -0.25) is 0 Å². The van der Waals surface area contributed by atoms with Crippen molar-refractivity contribution in [1.29, 1.82) is 0 Å². The first-order valence-corrected chi connectivity index (χ1v) is 8.58. The summed E-state index contributed by atoms with van der Waals surface area (Å²) in [5, 5.41) is 3.53. The second-order valence-corrected chi connectivity index (χ2v) is 6.88. The highest BCUT2D eigenvalue weighted by molar-refractivity contribution is 7.16. The molecule has 0 unspecified atom stereocenters. The van der Waals surface area contributed by atoms with Gasteiger partial charge in [-0.15, -0.1) is 11.3 Å². The number of hydrogen-bond donors (Lipinski definition) is 0. The fourth-order valence-electron chi connectivity index (χ4n) is 3.20. The Morgan fingerprint density at radius 3 is 2.75 bits per heavy atom. The SMILES string of the molecule is CCC1CCC(N(C)c2nc(Cl)nc3sccc23)CC1. The highest BCUT2D eigenvalue weighted by Crippen LogP contribution is 2.34. The van der Waals surface area contributed by atoms with E-state index in [4.69, 9.17) is 11.6 Å². The molecule has 0 aliphatic heterocycles. The Hall–Kier alpha value is -0.870. The Morgan fingerprint density at radius 1 is 1.30 bits per heavy atom. The van der Waals surface area contributed by atoms with Crippen LogP contribution in [0.25, 0.3) is 10.2 Å². The Kier molecular flexibility index (Phi) is 4.13. The lowest BCUT2D eigenvalue weighted by molar-refractivity contribution is 0.313. The van der Waals surface area contributed by atoms with Crippen LogP contribution in [-0.4, -0.2) is 23.1 Å². The van der Waals surface area contributed by atoms with Crippen LogP contribution in [-0.2, 0) is 0 Å². The summed E-state index contributed by atoms with van der Waals surface area (Å²) in [5.41, 5.74) is 0. The number of hydrogen-bond acceptors (Lipinski definition) is 4. The van der Waals surface area contributed by atoms with Crippen LogP contribution >= 0.6 is 22.9 Å². The lowest BCUT2D eigenvalue weighted by Gasteiger charge is -2.35. The number of thiophene rings is 1. The second-order valence-electron chi connectivity index (χ2n) is 5.65. The summed E-state index contributed by atoms with van der Waals surface area (Å²) in [7, 11) is 2.15. The molecular formula is C15H20ClN3S. The van der Waals surface area contributed by atoms with Gasteiger partial charge in [-0.25, -0.2) is 4.98 Å². The molecule has 0 bridgehead atoms. The van der Waals surface area contributed by atoms with Crippen molar-refractivity contribution in [3.05, 3.63) is 16.7 Å². The van der Waals surface area contributed by atoms with Gasteiger partial charge in [0.2, 0.25) is 5.28 Å². The number of fused-ring (bicyclic) bond motifs is 1. The minimum atomic E-state index is 0.351. The number of nitrogens with zero attached hydrogens (tertiary/aromatic N) is 3. The third-order valence-electron chi connectivity index (χ3n) is 4.55. The first-order chi connectivity index (χ1) is 9.69. The van der Waals surface area contributed by atoms with Crippen molar-refractivity contribution in [2.75, 3.05) is 11.9 Å². The smallest absolute Gasteiger partial charge is 0.225 e. The first-order valence-electron chi connectivity index (χ1n) is 7.32. The zero-order valence-corrected chi connectivity index (χ0v) is 13.5. The fourth-order valence-corrected chi connectivity index (χ4v) is 4.17. The summed E-state index contributed by atoms with van der Waals surface area (Å²) in [4.78, 5) is 12.1. The van der Waals surface area contributed by atoms with Crippen LogP contribution in [0.5, 0.6) is 0 Å². The fraction of sp³-hybridized carbons (Fsp3) is 0.600. The Labute approximate surface area is 129 Å². The van der Waals surface area contributed by atoms with Gasteiger partial charge in [0.25, 0.3) is 0 Å². The summed E-state index contributed by atoms with van der Waals surface area (Å²) < 4.78 is 0. The molecule has 1 aliphatic carbocycles. The predicted octanol–water partition coefficient (Wildman–Crippen LogP) is 4.75. The van der Waals surface area contributed by atoms with E-state index in [0.29, 0.717) is 11.3 Å². The molecule has 0 N–H and O–H groups in total. The van der Waals surface area contributed by atoms with Gasteiger partial charge < -0.3 is 4.90 Å². The first kappa shape index (κ1) is 14.1. The maximum atomic E-state index is 6.07. The molecule has 20 heavy (non-hydrogen) atoms. The molecule has 2 heterocycles. The summed E-state index contributed by atoms with van der Waals surface area (Å²) in [6.45, 7) is 2.30. The van der Waals surface area contributed by atoms with E-state index in [0.717, 1.165) is 22.0 Å². The predicted molar refractivity (Wildman–Crippen MR) is 86.9 cm³/mol. The Bertz CT molecular complexity index is 590. The van der Waals surface area contributed by atoms with E-state index in [2.05, 4.69) is 40.3 Å². The molecule has 3 rings (SSSR count). The molecule has 2 aromatic rings. The van der Waals surface area contributed by atoms with Gasteiger partial charge in [0.1, 0.15) is 10.6 Å². The summed E-state index contributed by atoms with van der Waals surface area (Å²) >= 11 is 7.69. The van der Waals surface area contributed by atoms with Gasteiger partial charge in [-0.2, -0.15) is 4.98 Å². The van der Waals surface area contributed by atoms with Crippen molar-refractivity contribution in [3.8, 4) is 0 Å². The summed E-state index contributed by atoms with van der Waals surface area (Å²) in [6, 6.07) is 2.67. The molecule has 0 saturated heterocycles. The average molecular weight is 310 g/mol. The van der Waals surface area contributed by atoms with E-state index in [1.807, 2.05) is 0 Å². The van der Waals surface area contributed by atoms with Crippen LogP contribution in [0.2, 0.25) is 5.28 Å². The standard InChI is InChI=1S/C15H20ClN3S/c1-3-10-4-6-11(7-5-10)19(2)13-12-8-9-20-14(12)18-15(16)17-13/h8-11H,3-7H2,1-2H3. The average Bonchev–Trinajstić information content (AvgIpc) is 2.94. The molecule has 0 radical (unpaired) electrons. The monoisotopic (exact) mass is 309 g/mol. The van der Waals surface area contributed by atoms with Gasteiger partial charge in [0, 0.05) is 13.1 Å². The molecule has 1 fully saturated rings. The van der Waals surface area contributed by atoms with Gasteiger partial charge >= 0.3 is 0 Å². The van der Waals surface area contributed by atoms with E-state index in [1.165, 1.54) is 32.1 Å². The third-order valence-corrected chi connectivity index (χ3v) is 5.53. The van der Waals surface area contributed by atoms with E-state index < -0.39 is 0 Å². The molecular weight excluding hydrogens is 290 g/mol.